The first-order chi connectivity index (χ1) is 11.1. The van der Waals surface area contributed by atoms with Crippen molar-refractivity contribution in [1.29, 1.82) is 0 Å². The lowest BCUT2D eigenvalue weighted by Gasteiger charge is -2.37. The Morgan fingerprint density at radius 2 is 2.35 bits per heavy atom. The minimum absolute atomic E-state index is 0.0570. The first-order valence-electron chi connectivity index (χ1n) is 7.72. The number of likely N-dealkylation sites (tertiary alicyclic amines) is 1. The average molecular weight is 332 g/mol. The topological polar surface area (TPSA) is 67.2 Å². The molecular formula is C16H20N4O2S. The molecule has 1 N–H and O–H groups in total. The predicted molar refractivity (Wildman–Crippen MR) is 89.1 cm³/mol. The number of thiophene rings is 1. The molecule has 2 amide bonds. The van der Waals surface area contributed by atoms with Gasteiger partial charge in [0.05, 0.1) is 23.8 Å². The van der Waals surface area contributed by atoms with Crippen LogP contribution in [0.4, 0.5) is 5.69 Å². The fourth-order valence-corrected chi connectivity index (χ4v) is 3.93. The van der Waals surface area contributed by atoms with Crippen LogP contribution in [0.1, 0.15) is 30.7 Å². The second kappa shape index (κ2) is 6.54. The zero-order valence-electron chi connectivity index (χ0n) is 13.2. The number of piperidine rings is 1. The van der Waals surface area contributed by atoms with Crippen molar-refractivity contribution < 1.29 is 9.59 Å². The average Bonchev–Trinajstić information content (AvgIpc) is 3.21. The zero-order chi connectivity index (χ0) is 16.4. The van der Waals surface area contributed by atoms with E-state index < -0.39 is 0 Å². The molecule has 122 valence electrons. The van der Waals surface area contributed by atoms with Crippen molar-refractivity contribution >= 4 is 28.8 Å². The van der Waals surface area contributed by atoms with Crippen molar-refractivity contribution in [2.75, 3.05) is 12.4 Å². The molecule has 2 atom stereocenters. The van der Waals surface area contributed by atoms with Crippen LogP contribution >= 0.6 is 11.3 Å². The Bertz CT molecular complexity index is 695. The molecule has 1 aliphatic rings. The lowest BCUT2D eigenvalue weighted by molar-refractivity contribution is -0.140. The van der Waals surface area contributed by atoms with Gasteiger partial charge >= 0.3 is 0 Å². The van der Waals surface area contributed by atoms with Crippen molar-refractivity contribution in [2.24, 2.45) is 5.92 Å². The summed E-state index contributed by atoms with van der Waals surface area (Å²) in [6, 6.07) is 3.74. The van der Waals surface area contributed by atoms with Crippen LogP contribution in [-0.2, 0) is 16.1 Å². The van der Waals surface area contributed by atoms with Gasteiger partial charge in [0.15, 0.2) is 0 Å². The van der Waals surface area contributed by atoms with Gasteiger partial charge < -0.3 is 10.2 Å². The van der Waals surface area contributed by atoms with E-state index in [1.54, 1.807) is 34.2 Å². The van der Waals surface area contributed by atoms with Crippen LogP contribution in [0.3, 0.4) is 0 Å². The van der Waals surface area contributed by atoms with E-state index >= 15 is 0 Å². The van der Waals surface area contributed by atoms with Gasteiger partial charge in [0.1, 0.15) is 0 Å². The van der Waals surface area contributed by atoms with Crippen LogP contribution in [0.2, 0.25) is 0 Å². The molecule has 0 spiro atoms. The standard InChI is InChI=1S/C16H20N4O2S/c1-3-20-10-11(9-17-20)18-16(22)12-6-7-14(21)19(2)15(12)13-5-4-8-23-13/h4-5,8-10,12,15H,3,6-7H2,1-2H3,(H,18,22). The summed E-state index contributed by atoms with van der Waals surface area (Å²) in [5.74, 6) is -0.217. The number of nitrogens with one attached hydrogen (secondary N) is 1. The minimum Gasteiger partial charge on any atom is -0.337 e. The summed E-state index contributed by atoms with van der Waals surface area (Å²) >= 11 is 1.58. The number of hydrogen-bond donors (Lipinski definition) is 1. The van der Waals surface area contributed by atoms with E-state index in [2.05, 4.69) is 10.4 Å². The van der Waals surface area contributed by atoms with E-state index in [1.165, 1.54) is 0 Å². The Kier molecular flexibility index (Phi) is 4.47. The summed E-state index contributed by atoms with van der Waals surface area (Å²) in [6.45, 7) is 2.75. The van der Waals surface area contributed by atoms with Crippen LogP contribution in [-0.4, -0.2) is 33.5 Å². The minimum atomic E-state index is -0.249. The molecule has 0 saturated carbocycles. The second-order valence-electron chi connectivity index (χ2n) is 5.68. The monoisotopic (exact) mass is 332 g/mol. The lowest BCUT2D eigenvalue weighted by atomic mass is 9.87. The number of amides is 2. The first kappa shape index (κ1) is 15.7. The molecule has 0 aliphatic carbocycles. The van der Waals surface area contributed by atoms with Gasteiger partial charge in [0.25, 0.3) is 0 Å². The van der Waals surface area contributed by atoms with E-state index in [0.717, 1.165) is 11.4 Å². The molecule has 3 heterocycles. The largest absolute Gasteiger partial charge is 0.337 e. The first-order valence-corrected chi connectivity index (χ1v) is 8.60. The normalized spacial score (nSPS) is 21.5. The number of aryl methyl sites for hydroxylation is 1. The van der Waals surface area contributed by atoms with E-state index in [4.69, 9.17) is 0 Å². The third kappa shape index (κ3) is 3.14. The summed E-state index contributed by atoms with van der Waals surface area (Å²) in [5, 5.41) is 9.08. The summed E-state index contributed by atoms with van der Waals surface area (Å²) < 4.78 is 1.77. The number of carbonyl (C=O) groups is 2. The van der Waals surface area contributed by atoms with Crippen LogP contribution in [0, 0.1) is 5.92 Å². The van der Waals surface area contributed by atoms with Gasteiger partial charge in [-0.1, -0.05) is 6.07 Å². The van der Waals surface area contributed by atoms with Crippen LogP contribution in [0.15, 0.2) is 29.9 Å². The van der Waals surface area contributed by atoms with E-state index in [-0.39, 0.29) is 23.8 Å². The molecule has 0 radical (unpaired) electrons. The SMILES string of the molecule is CCn1cc(NC(=O)C2CCC(=O)N(C)C2c2cccs2)cn1. The molecule has 0 bridgehead atoms. The van der Waals surface area contributed by atoms with Gasteiger partial charge in [-0.3, -0.25) is 14.3 Å². The number of nitrogens with zero attached hydrogens (tertiary/aromatic N) is 3. The third-order valence-electron chi connectivity index (χ3n) is 4.26. The molecule has 23 heavy (non-hydrogen) atoms. The van der Waals surface area contributed by atoms with Gasteiger partial charge in [-0.25, -0.2) is 0 Å². The zero-order valence-corrected chi connectivity index (χ0v) is 14.0. The molecule has 1 aliphatic heterocycles. The highest BCUT2D eigenvalue weighted by atomic mass is 32.1. The maximum absolute atomic E-state index is 12.7. The van der Waals surface area contributed by atoms with Gasteiger partial charge in [0.2, 0.25) is 11.8 Å². The predicted octanol–water partition coefficient (Wildman–Crippen LogP) is 2.51. The number of anilines is 1. The summed E-state index contributed by atoms with van der Waals surface area (Å²) in [4.78, 5) is 27.5. The van der Waals surface area contributed by atoms with Gasteiger partial charge in [-0.2, -0.15) is 5.10 Å². The number of carbonyl (C=O) groups excluding carboxylic acids is 2. The highest BCUT2D eigenvalue weighted by molar-refractivity contribution is 7.10. The van der Waals surface area contributed by atoms with Crippen molar-refractivity contribution in [3.05, 3.63) is 34.8 Å². The molecule has 2 unspecified atom stereocenters. The Balaban J connectivity index is 1.80. The lowest BCUT2D eigenvalue weighted by Crippen LogP contribution is -2.44. The van der Waals surface area contributed by atoms with Crippen molar-refractivity contribution in [3.8, 4) is 0 Å². The fraction of sp³-hybridized carbons (Fsp3) is 0.438. The smallest absolute Gasteiger partial charge is 0.230 e. The van der Waals surface area contributed by atoms with E-state index in [0.29, 0.717) is 18.5 Å². The molecule has 6 nitrogen and oxygen atoms in total. The van der Waals surface area contributed by atoms with Crippen molar-refractivity contribution in [1.82, 2.24) is 14.7 Å². The Hall–Kier alpha value is -2.15. The Morgan fingerprint density at radius 3 is 3.00 bits per heavy atom. The number of rotatable bonds is 4. The summed E-state index contributed by atoms with van der Waals surface area (Å²) in [5.41, 5.74) is 0.696. The van der Waals surface area contributed by atoms with Crippen molar-refractivity contribution in [2.45, 2.75) is 32.4 Å². The number of aromatic nitrogens is 2. The van der Waals surface area contributed by atoms with E-state index in [9.17, 15) is 9.59 Å². The van der Waals surface area contributed by atoms with Crippen LogP contribution < -0.4 is 5.32 Å². The highest BCUT2D eigenvalue weighted by Gasteiger charge is 2.39. The maximum atomic E-state index is 12.7. The maximum Gasteiger partial charge on any atom is 0.230 e. The quantitative estimate of drug-likeness (QED) is 0.935. The molecular weight excluding hydrogens is 312 g/mol. The fourth-order valence-electron chi connectivity index (χ4n) is 3.00. The second-order valence-corrected chi connectivity index (χ2v) is 6.66. The van der Waals surface area contributed by atoms with Gasteiger partial charge in [0, 0.05) is 31.1 Å². The summed E-state index contributed by atoms with van der Waals surface area (Å²) in [6.07, 6.45) is 4.44. The molecule has 0 aromatic carbocycles. The van der Waals surface area contributed by atoms with Crippen LogP contribution in [0.5, 0.6) is 0 Å². The third-order valence-corrected chi connectivity index (χ3v) is 5.20. The van der Waals surface area contributed by atoms with Gasteiger partial charge in [-0.05, 0) is 24.8 Å². The van der Waals surface area contributed by atoms with Gasteiger partial charge in [-0.15, -0.1) is 11.3 Å². The molecule has 3 rings (SSSR count). The molecule has 1 fully saturated rings. The molecule has 1 saturated heterocycles. The number of hydrogen-bond acceptors (Lipinski definition) is 4. The molecule has 2 aromatic rings. The van der Waals surface area contributed by atoms with Crippen molar-refractivity contribution in [3.63, 3.8) is 0 Å². The molecule has 2 aromatic heterocycles. The highest BCUT2D eigenvalue weighted by Crippen LogP contribution is 2.38. The van der Waals surface area contributed by atoms with Crippen LogP contribution in [0.25, 0.3) is 0 Å². The molecule has 7 heteroatoms. The van der Waals surface area contributed by atoms with E-state index in [1.807, 2.05) is 30.6 Å². The Morgan fingerprint density at radius 1 is 1.52 bits per heavy atom. The Labute approximate surface area is 139 Å². The summed E-state index contributed by atoms with van der Waals surface area (Å²) in [7, 11) is 1.78.